The van der Waals surface area contributed by atoms with Crippen molar-refractivity contribution in [2.24, 2.45) is 28.9 Å². The summed E-state index contributed by atoms with van der Waals surface area (Å²) in [6.07, 6.45) is 6.67. The molecule has 2 heteroatoms. The standard InChI is InChI=1S/C16H32N2/c1-11-5-7-14(9-11)18-10-13-6-8-15(17)12(2)16(13,3)4/h11-15,18H,5-10,17H2,1-4H3. The molecule has 106 valence electrons. The minimum Gasteiger partial charge on any atom is -0.327 e. The molecule has 5 unspecified atom stereocenters. The smallest absolute Gasteiger partial charge is 0.00698 e. The van der Waals surface area contributed by atoms with Gasteiger partial charge in [0.15, 0.2) is 0 Å². The summed E-state index contributed by atoms with van der Waals surface area (Å²) in [6.45, 7) is 10.8. The second kappa shape index (κ2) is 5.50. The fourth-order valence-electron chi connectivity index (χ4n) is 4.01. The minimum atomic E-state index is 0.384. The Labute approximate surface area is 113 Å². The van der Waals surface area contributed by atoms with Crippen molar-refractivity contribution < 1.29 is 0 Å². The van der Waals surface area contributed by atoms with E-state index in [0.29, 0.717) is 17.4 Å². The molecule has 0 saturated heterocycles. The maximum atomic E-state index is 6.23. The summed E-state index contributed by atoms with van der Waals surface area (Å²) in [4.78, 5) is 0. The first-order chi connectivity index (χ1) is 8.41. The highest BCUT2D eigenvalue weighted by Crippen LogP contribution is 2.44. The van der Waals surface area contributed by atoms with Crippen molar-refractivity contribution in [3.8, 4) is 0 Å². The van der Waals surface area contributed by atoms with Gasteiger partial charge in [-0.25, -0.2) is 0 Å². The van der Waals surface area contributed by atoms with Crippen LogP contribution in [0.4, 0.5) is 0 Å². The predicted molar refractivity (Wildman–Crippen MR) is 78.5 cm³/mol. The summed E-state index contributed by atoms with van der Waals surface area (Å²) < 4.78 is 0. The third kappa shape index (κ3) is 2.91. The molecule has 0 aromatic rings. The zero-order chi connectivity index (χ0) is 13.3. The topological polar surface area (TPSA) is 38.0 Å². The van der Waals surface area contributed by atoms with Crippen LogP contribution >= 0.6 is 0 Å². The summed E-state index contributed by atoms with van der Waals surface area (Å²) in [6, 6.07) is 1.18. The Hall–Kier alpha value is -0.0800. The first-order valence-electron chi connectivity index (χ1n) is 7.90. The number of nitrogens with two attached hydrogens (primary N) is 1. The van der Waals surface area contributed by atoms with Crippen LogP contribution in [0.1, 0.15) is 59.8 Å². The predicted octanol–water partition coefficient (Wildman–Crippen LogP) is 3.16. The molecule has 0 amide bonds. The summed E-state index contributed by atoms with van der Waals surface area (Å²) in [5.74, 6) is 2.36. The van der Waals surface area contributed by atoms with E-state index < -0.39 is 0 Å². The Morgan fingerprint density at radius 3 is 2.44 bits per heavy atom. The Balaban J connectivity index is 1.85. The maximum absolute atomic E-state index is 6.23. The van der Waals surface area contributed by atoms with E-state index in [1.165, 1.54) is 38.6 Å². The van der Waals surface area contributed by atoms with E-state index in [9.17, 15) is 0 Å². The largest absolute Gasteiger partial charge is 0.327 e. The molecule has 2 aliphatic rings. The van der Waals surface area contributed by atoms with Crippen LogP contribution in [0.5, 0.6) is 0 Å². The van der Waals surface area contributed by atoms with Gasteiger partial charge in [-0.3, -0.25) is 0 Å². The third-order valence-corrected chi connectivity index (χ3v) is 6.06. The number of hydrogen-bond acceptors (Lipinski definition) is 2. The Morgan fingerprint density at radius 1 is 1.11 bits per heavy atom. The first-order valence-corrected chi connectivity index (χ1v) is 7.90. The average molecular weight is 252 g/mol. The Bertz CT molecular complexity index is 274. The summed E-state index contributed by atoms with van der Waals surface area (Å²) >= 11 is 0. The van der Waals surface area contributed by atoms with E-state index in [4.69, 9.17) is 5.73 Å². The van der Waals surface area contributed by atoms with Gasteiger partial charge in [-0.2, -0.15) is 0 Å². The highest BCUT2D eigenvalue weighted by atomic mass is 14.9. The van der Waals surface area contributed by atoms with Crippen molar-refractivity contribution in [1.29, 1.82) is 0 Å². The second-order valence-electron chi connectivity index (χ2n) is 7.57. The zero-order valence-electron chi connectivity index (χ0n) is 12.7. The van der Waals surface area contributed by atoms with Crippen molar-refractivity contribution in [1.82, 2.24) is 5.32 Å². The molecule has 2 fully saturated rings. The fraction of sp³-hybridized carbons (Fsp3) is 1.00. The molecule has 0 aromatic carbocycles. The van der Waals surface area contributed by atoms with Gasteiger partial charge in [-0.1, -0.05) is 27.7 Å². The van der Waals surface area contributed by atoms with Crippen LogP contribution in [0.3, 0.4) is 0 Å². The van der Waals surface area contributed by atoms with E-state index in [-0.39, 0.29) is 0 Å². The lowest BCUT2D eigenvalue weighted by Gasteiger charge is -2.47. The fourth-order valence-corrected chi connectivity index (χ4v) is 4.01. The van der Waals surface area contributed by atoms with Gasteiger partial charge in [-0.15, -0.1) is 0 Å². The molecule has 0 bridgehead atoms. The van der Waals surface area contributed by atoms with E-state index in [1.807, 2.05) is 0 Å². The average Bonchev–Trinajstić information content (AvgIpc) is 2.71. The van der Waals surface area contributed by atoms with Crippen LogP contribution in [0.25, 0.3) is 0 Å². The number of nitrogens with one attached hydrogen (secondary N) is 1. The van der Waals surface area contributed by atoms with Gasteiger partial charge in [0.1, 0.15) is 0 Å². The molecular weight excluding hydrogens is 220 g/mol. The van der Waals surface area contributed by atoms with Crippen molar-refractivity contribution in [3.05, 3.63) is 0 Å². The van der Waals surface area contributed by atoms with Crippen LogP contribution in [-0.2, 0) is 0 Å². The number of hydrogen-bond donors (Lipinski definition) is 2. The quantitative estimate of drug-likeness (QED) is 0.809. The van der Waals surface area contributed by atoms with Crippen molar-refractivity contribution >= 4 is 0 Å². The van der Waals surface area contributed by atoms with E-state index in [0.717, 1.165) is 17.9 Å². The van der Waals surface area contributed by atoms with Crippen LogP contribution in [0.2, 0.25) is 0 Å². The maximum Gasteiger partial charge on any atom is 0.00698 e. The minimum absolute atomic E-state index is 0.384. The molecule has 0 radical (unpaired) electrons. The molecule has 2 nitrogen and oxygen atoms in total. The van der Waals surface area contributed by atoms with Crippen molar-refractivity contribution in [2.75, 3.05) is 6.54 Å². The third-order valence-electron chi connectivity index (χ3n) is 6.06. The normalized spacial score (nSPS) is 44.2. The van der Waals surface area contributed by atoms with Crippen molar-refractivity contribution in [3.63, 3.8) is 0 Å². The van der Waals surface area contributed by atoms with Gasteiger partial charge in [0.25, 0.3) is 0 Å². The molecule has 3 N–H and O–H groups in total. The highest BCUT2D eigenvalue weighted by molar-refractivity contribution is 4.94. The molecule has 0 aliphatic heterocycles. The molecule has 0 heterocycles. The van der Waals surface area contributed by atoms with Crippen molar-refractivity contribution in [2.45, 2.75) is 71.9 Å². The second-order valence-corrected chi connectivity index (χ2v) is 7.57. The molecular formula is C16H32N2. The van der Waals surface area contributed by atoms with E-state index >= 15 is 0 Å². The van der Waals surface area contributed by atoms with Crippen LogP contribution in [0, 0.1) is 23.2 Å². The molecule has 18 heavy (non-hydrogen) atoms. The monoisotopic (exact) mass is 252 g/mol. The van der Waals surface area contributed by atoms with Gasteiger partial charge >= 0.3 is 0 Å². The van der Waals surface area contributed by atoms with E-state index in [1.54, 1.807) is 0 Å². The molecule has 5 atom stereocenters. The summed E-state index contributed by atoms with van der Waals surface area (Å²) in [5, 5.41) is 3.83. The molecule has 0 aromatic heterocycles. The van der Waals surface area contributed by atoms with Gasteiger partial charge in [0, 0.05) is 12.1 Å². The first kappa shape index (κ1) is 14.3. The van der Waals surface area contributed by atoms with Crippen LogP contribution in [0.15, 0.2) is 0 Å². The Morgan fingerprint density at radius 2 is 1.83 bits per heavy atom. The zero-order valence-corrected chi connectivity index (χ0v) is 12.7. The van der Waals surface area contributed by atoms with Crippen LogP contribution in [-0.4, -0.2) is 18.6 Å². The molecule has 2 rings (SSSR count). The molecule has 2 saturated carbocycles. The van der Waals surface area contributed by atoms with E-state index in [2.05, 4.69) is 33.0 Å². The lowest BCUT2D eigenvalue weighted by molar-refractivity contribution is 0.0524. The Kier molecular flexibility index (Phi) is 4.38. The van der Waals surface area contributed by atoms with Crippen LogP contribution < -0.4 is 11.1 Å². The summed E-state index contributed by atoms with van der Waals surface area (Å²) in [7, 11) is 0. The SMILES string of the molecule is CC1CCC(NCC2CCC(N)C(C)C2(C)C)C1. The van der Waals surface area contributed by atoms with Gasteiger partial charge in [-0.05, 0) is 61.8 Å². The summed E-state index contributed by atoms with van der Waals surface area (Å²) in [5.41, 5.74) is 6.62. The lowest BCUT2D eigenvalue weighted by Crippen LogP contribution is -2.50. The highest BCUT2D eigenvalue weighted by Gasteiger charge is 2.41. The van der Waals surface area contributed by atoms with Gasteiger partial charge in [0.2, 0.25) is 0 Å². The lowest BCUT2D eigenvalue weighted by atomic mass is 9.61. The van der Waals surface area contributed by atoms with Gasteiger partial charge in [0.05, 0.1) is 0 Å². The number of rotatable bonds is 3. The molecule has 2 aliphatic carbocycles. The van der Waals surface area contributed by atoms with Gasteiger partial charge < -0.3 is 11.1 Å². The molecule has 0 spiro atoms.